The zero-order chi connectivity index (χ0) is 20.8. The lowest BCUT2D eigenvalue weighted by atomic mass is 10.2. The number of ether oxygens (including phenoxy) is 1. The minimum atomic E-state index is -0.702. The number of amides is 1. The second-order valence-electron chi connectivity index (χ2n) is 6.05. The molecule has 1 amide bonds. The summed E-state index contributed by atoms with van der Waals surface area (Å²) in [6, 6.07) is 15.0. The van der Waals surface area contributed by atoms with Crippen LogP contribution < -0.4 is 10.2 Å². The molecule has 0 aliphatic rings. The largest absolute Gasteiger partial charge is 0.504 e. The fourth-order valence-corrected chi connectivity index (χ4v) is 2.36. The van der Waals surface area contributed by atoms with Crippen molar-refractivity contribution in [1.29, 1.82) is 0 Å². The van der Waals surface area contributed by atoms with Crippen molar-refractivity contribution in [3.05, 3.63) is 83.2 Å². The number of nitrogens with one attached hydrogen (secondary N) is 1. The standard InChI is InChI=1S/C21H17FN2O5/c22-16-5-1-14(2-6-16)12-29-17-7-3-13(4-8-17)11-23-24-21(28)15-9-18(25)20(27)19(26)10-15/h1-11,25-27H,12H2,(H,24,28)/b23-11+. The van der Waals surface area contributed by atoms with Gasteiger partial charge in [0.2, 0.25) is 0 Å². The van der Waals surface area contributed by atoms with Gasteiger partial charge < -0.3 is 20.1 Å². The van der Waals surface area contributed by atoms with Crippen molar-refractivity contribution >= 4 is 12.1 Å². The fraction of sp³-hybridized carbons (Fsp3) is 0.0476. The molecule has 3 aromatic rings. The van der Waals surface area contributed by atoms with Crippen LogP contribution in [0, 0.1) is 5.82 Å². The van der Waals surface area contributed by atoms with Crippen LogP contribution in [0.3, 0.4) is 0 Å². The highest BCUT2D eigenvalue weighted by molar-refractivity contribution is 5.96. The van der Waals surface area contributed by atoms with Gasteiger partial charge in [-0.3, -0.25) is 4.79 Å². The maximum atomic E-state index is 12.9. The lowest BCUT2D eigenvalue weighted by Gasteiger charge is -2.06. The van der Waals surface area contributed by atoms with E-state index < -0.39 is 23.2 Å². The van der Waals surface area contributed by atoms with Crippen LogP contribution >= 0.6 is 0 Å². The first kappa shape index (κ1) is 19.7. The maximum Gasteiger partial charge on any atom is 0.271 e. The number of hydrazone groups is 1. The van der Waals surface area contributed by atoms with Gasteiger partial charge in [-0.25, -0.2) is 9.82 Å². The SMILES string of the molecule is O=C(N/N=C/c1ccc(OCc2ccc(F)cc2)cc1)c1cc(O)c(O)c(O)c1. The van der Waals surface area contributed by atoms with Gasteiger partial charge >= 0.3 is 0 Å². The number of phenols is 3. The second-order valence-corrected chi connectivity index (χ2v) is 6.05. The minimum absolute atomic E-state index is 0.0699. The molecule has 0 aliphatic carbocycles. The van der Waals surface area contributed by atoms with Gasteiger partial charge in [-0.15, -0.1) is 0 Å². The summed E-state index contributed by atoms with van der Waals surface area (Å²) in [6.45, 7) is 0.302. The van der Waals surface area contributed by atoms with E-state index in [2.05, 4.69) is 10.5 Å². The Balaban J connectivity index is 1.54. The number of aromatic hydroxyl groups is 3. The molecule has 3 aromatic carbocycles. The molecule has 4 N–H and O–H groups in total. The molecule has 0 radical (unpaired) electrons. The Bertz CT molecular complexity index is 1010. The van der Waals surface area contributed by atoms with Crippen molar-refractivity contribution in [2.24, 2.45) is 5.10 Å². The quantitative estimate of drug-likeness (QED) is 0.290. The average Bonchev–Trinajstić information content (AvgIpc) is 2.72. The van der Waals surface area contributed by atoms with Crippen LogP contribution in [0.4, 0.5) is 4.39 Å². The van der Waals surface area contributed by atoms with E-state index >= 15 is 0 Å². The van der Waals surface area contributed by atoms with Crippen LogP contribution in [0.2, 0.25) is 0 Å². The van der Waals surface area contributed by atoms with Crippen molar-refractivity contribution in [2.45, 2.75) is 6.61 Å². The van der Waals surface area contributed by atoms with Crippen LogP contribution in [0.5, 0.6) is 23.0 Å². The molecule has 0 saturated carbocycles. The Kier molecular flexibility index (Phi) is 5.94. The summed E-state index contributed by atoms with van der Waals surface area (Å²) in [7, 11) is 0. The first-order valence-corrected chi connectivity index (χ1v) is 8.48. The van der Waals surface area contributed by atoms with E-state index in [1.165, 1.54) is 18.3 Å². The molecule has 0 aliphatic heterocycles. The maximum absolute atomic E-state index is 12.9. The van der Waals surface area contributed by atoms with Crippen molar-refractivity contribution in [2.75, 3.05) is 0 Å². The average molecular weight is 396 g/mol. The number of halogens is 1. The lowest BCUT2D eigenvalue weighted by Crippen LogP contribution is -2.17. The van der Waals surface area contributed by atoms with Gasteiger partial charge in [-0.05, 0) is 59.7 Å². The summed E-state index contributed by atoms with van der Waals surface area (Å²) in [5.41, 5.74) is 3.71. The Morgan fingerprint density at radius 3 is 2.24 bits per heavy atom. The minimum Gasteiger partial charge on any atom is -0.504 e. The molecule has 0 spiro atoms. The number of carbonyl (C=O) groups is 1. The van der Waals surface area contributed by atoms with Crippen LogP contribution in [-0.4, -0.2) is 27.4 Å². The lowest BCUT2D eigenvalue weighted by molar-refractivity contribution is 0.0954. The van der Waals surface area contributed by atoms with Crippen LogP contribution in [0.15, 0.2) is 65.8 Å². The molecular weight excluding hydrogens is 379 g/mol. The topological polar surface area (TPSA) is 111 Å². The van der Waals surface area contributed by atoms with E-state index in [9.17, 15) is 24.5 Å². The molecule has 0 fully saturated rings. The van der Waals surface area contributed by atoms with E-state index in [4.69, 9.17) is 4.74 Å². The number of benzene rings is 3. The zero-order valence-electron chi connectivity index (χ0n) is 15.0. The number of phenolic OH excluding ortho intramolecular Hbond substituents is 3. The molecule has 0 heterocycles. The van der Waals surface area contributed by atoms with E-state index in [1.807, 2.05) is 0 Å². The van der Waals surface area contributed by atoms with E-state index in [0.29, 0.717) is 17.9 Å². The molecule has 0 aromatic heterocycles. The van der Waals surface area contributed by atoms with E-state index in [1.54, 1.807) is 36.4 Å². The Hall–Kier alpha value is -4.07. The van der Waals surface area contributed by atoms with E-state index in [-0.39, 0.29) is 11.4 Å². The molecular formula is C21H17FN2O5. The van der Waals surface area contributed by atoms with Crippen molar-refractivity contribution in [1.82, 2.24) is 5.43 Å². The summed E-state index contributed by atoms with van der Waals surface area (Å²) in [4.78, 5) is 12.0. The van der Waals surface area contributed by atoms with Crippen molar-refractivity contribution < 1.29 is 29.2 Å². The smallest absolute Gasteiger partial charge is 0.271 e. The van der Waals surface area contributed by atoms with Crippen molar-refractivity contribution in [3.63, 3.8) is 0 Å². The Morgan fingerprint density at radius 1 is 1.00 bits per heavy atom. The monoisotopic (exact) mass is 396 g/mol. The zero-order valence-corrected chi connectivity index (χ0v) is 15.0. The molecule has 0 saturated heterocycles. The summed E-state index contributed by atoms with van der Waals surface area (Å²) in [5, 5.41) is 32.0. The molecule has 0 atom stereocenters. The van der Waals surface area contributed by atoms with Gasteiger partial charge in [0.05, 0.1) is 6.21 Å². The molecule has 3 rings (SSSR count). The number of carbonyl (C=O) groups excluding carboxylic acids is 1. The van der Waals surface area contributed by atoms with Crippen LogP contribution in [0.25, 0.3) is 0 Å². The predicted octanol–water partition coefficient (Wildman–Crippen LogP) is 3.29. The van der Waals surface area contributed by atoms with Gasteiger partial charge in [0, 0.05) is 5.56 Å². The van der Waals surface area contributed by atoms with Crippen LogP contribution in [0.1, 0.15) is 21.5 Å². The van der Waals surface area contributed by atoms with Crippen molar-refractivity contribution in [3.8, 4) is 23.0 Å². The van der Waals surface area contributed by atoms with Gasteiger partial charge in [-0.2, -0.15) is 5.10 Å². The second kappa shape index (κ2) is 8.75. The summed E-state index contributed by atoms with van der Waals surface area (Å²) >= 11 is 0. The molecule has 0 bridgehead atoms. The number of rotatable bonds is 6. The summed E-state index contributed by atoms with van der Waals surface area (Å²) in [6.07, 6.45) is 1.40. The third-order valence-corrected chi connectivity index (χ3v) is 3.91. The first-order chi connectivity index (χ1) is 13.9. The molecule has 8 heteroatoms. The molecule has 7 nitrogen and oxygen atoms in total. The van der Waals surface area contributed by atoms with E-state index in [0.717, 1.165) is 17.7 Å². The third-order valence-electron chi connectivity index (χ3n) is 3.91. The molecule has 148 valence electrons. The highest BCUT2D eigenvalue weighted by Crippen LogP contribution is 2.35. The van der Waals surface area contributed by atoms with Crippen LogP contribution in [-0.2, 0) is 6.61 Å². The van der Waals surface area contributed by atoms with Gasteiger partial charge in [-0.1, -0.05) is 12.1 Å². The highest BCUT2D eigenvalue weighted by Gasteiger charge is 2.12. The van der Waals surface area contributed by atoms with Gasteiger partial charge in [0.1, 0.15) is 18.2 Å². The Morgan fingerprint density at radius 2 is 1.62 bits per heavy atom. The normalized spacial score (nSPS) is 10.8. The number of nitrogens with zero attached hydrogens (tertiary/aromatic N) is 1. The first-order valence-electron chi connectivity index (χ1n) is 8.48. The summed E-state index contributed by atoms with van der Waals surface area (Å²) < 4.78 is 18.5. The molecule has 29 heavy (non-hydrogen) atoms. The number of hydrogen-bond donors (Lipinski definition) is 4. The van der Waals surface area contributed by atoms with Gasteiger partial charge in [0.25, 0.3) is 5.91 Å². The Labute approximate surface area is 165 Å². The highest BCUT2D eigenvalue weighted by atomic mass is 19.1. The predicted molar refractivity (Wildman–Crippen MR) is 104 cm³/mol. The third kappa shape index (κ3) is 5.23. The summed E-state index contributed by atoms with van der Waals surface area (Å²) in [5.74, 6) is -2.29. The number of hydrogen-bond acceptors (Lipinski definition) is 6. The fourth-order valence-electron chi connectivity index (χ4n) is 2.36. The molecule has 0 unspecified atom stereocenters. The van der Waals surface area contributed by atoms with Gasteiger partial charge in [0.15, 0.2) is 17.2 Å².